The maximum absolute atomic E-state index is 12.1. The van der Waals surface area contributed by atoms with E-state index in [2.05, 4.69) is 30.8 Å². The minimum atomic E-state index is -0.0349. The summed E-state index contributed by atoms with van der Waals surface area (Å²) in [6.07, 6.45) is 4.24. The second-order valence-electron chi connectivity index (χ2n) is 7.00. The molecule has 4 rings (SSSR count). The van der Waals surface area contributed by atoms with Gasteiger partial charge in [0.15, 0.2) is 5.69 Å². The van der Waals surface area contributed by atoms with Gasteiger partial charge in [-0.15, -0.1) is 0 Å². The number of piperazine rings is 1. The minimum Gasteiger partial charge on any atom is -0.367 e. The van der Waals surface area contributed by atoms with Crippen molar-refractivity contribution in [3.05, 3.63) is 63.8 Å². The number of fused-ring (bicyclic) bond motifs is 1. The van der Waals surface area contributed by atoms with Gasteiger partial charge in [0.05, 0.1) is 16.7 Å². The Morgan fingerprint density at radius 3 is 2.79 bits per heavy atom. The van der Waals surface area contributed by atoms with E-state index in [1.165, 1.54) is 0 Å². The SMILES string of the molecule is CCc1cc2ncc(CN3CCN(c4cccnc4C#N)CC3)cc2[nH]c1=O. The maximum atomic E-state index is 12.1. The van der Waals surface area contributed by atoms with Crippen LogP contribution >= 0.6 is 0 Å². The first kappa shape index (κ1) is 18.1. The van der Waals surface area contributed by atoms with E-state index >= 15 is 0 Å². The van der Waals surface area contributed by atoms with Gasteiger partial charge in [-0.1, -0.05) is 6.92 Å². The lowest BCUT2D eigenvalue weighted by Gasteiger charge is -2.36. The zero-order chi connectivity index (χ0) is 19.5. The molecule has 0 amide bonds. The average molecular weight is 374 g/mol. The zero-order valence-electron chi connectivity index (χ0n) is 15.9. The molecule has 3 aromatic heterocycles. The molecule has 4 heterocycles. The number of aromatic amines is 1. The predicted molar refractivity (Wildman–Crippen MR) is 108 cm³/mol. The van der Waals surface area contributed by atoms with Crippen LogP contribution in [0.1, 0.15) is 23.7 Å². The Hall–Kier alpha value is -3.24. The third-order valence-electron chi connectivity index (χ3n) is 5.22. The van der Waals surface area contributed by atoms with Crippen molar-refractivity contribution in [2.75, 3.05) is 31.1 Å². The van der Waals surface area contributed by atoms with Gasteiger partial charge < -0.3 is 9.88 Å². The molecule has 0 aromatic carbocycles. The number of hydrogen-bond donors (Lipinski definition) is 1. The first-order valence-corrected chi connectivity index (χ1v) is 9.51. The molecule has 0 atom stereocenters. The molecular weight excluding hydrogens is 352 g/mol. The van der Waals surface area contributed by atoms with E-state index in [0.717, 1.165) is 60.6 Å². The number of nitrogens with one attached hydrogen (secondary N) is 1. The highest BCUT2D eigenvalue weighted by molar-refractivity contribution is 5.74. The summed E-state index contributed by atoms with van der Waals surface area (Å²) >= 11 is 0. The lowest BCUT2D eigenvalue weighted by atomic mass is 10.1. The molecule has 28 heavy (non-hydrogen) atoms. The molecule has 1 fully saturated rings. The van der Waals surface area contributed by atoms with Crippen molar-refractivity contribution in [3.8, 4) is 6.07 Å². The summed E-state index contributed by atoms with van der Waals surface area (Å²) in [5, 5.41) is 9.25. The Balaban J connectivity index is 1.45. The summed E-state index contributed by atoms with van der Waals surface area (Å²) in [5.41, 5.74) is 4.80. The van der Waals surface area contributed by atoms with Gasteiger partial charge in [0.2, 0.25) is 0 Å². The molecule has 1 aliphatic rings. The van der Waals surface area contributed by atoms with Gasteiger partial charge in [-0.3, -0.25) is 14.7 Å². The summed E-state index contributed by atoms with van der Waals surface area (Å²) in [5.74, 6) is 0. The lowest BCUT2D eigenvalue weighted by Crippen LogP contribution is -2.46. The topological polar surface area (TPSA) is 88.9 Å². The standard InChI is InChI=1S/C21H22N6O/c1-2-16-11-17-18(25-21(16)28)10-15(13-24-17)14-26-6-8-27(9-7-26)20-4-3-5-23-19(20)12-22/h3-5,10-11,13H,2,6-9,14H2,1H3,(H,25,28). The zero-order valence-corrected chi connectivity index (χ0v) is 15.9. The second kappa shape index (κ2) is 7.79. The molecule has 0 radical (unpaired) electrons. The summed E-state index contributed by atoms with van der Waals surface area (Å²) in [7, 11) is 0. The summed E-state index contributed by atoms with van der Waals surface area (Å²) in [4.78, 5) is 28.3. The Kier molecular flexibility index (Phi) is 5.04. The number of nitriles is 1. The van der Waals surface area contributed by atoms with Crippen molar-refractivity contribution in [2.24, 2.45) is 0 Å². The Morgan fingerprint density at radius 1 is 1.21 bits per heavy atom. The highest BCUT2D eigenvalue weighted by Crippen LogP contribution is 2.20. The minimum absolute atomic E-state index is 0.0349. The van der Waals surface area contributed by atoms with Crippen LogP contribution in [-0.2, 0) is 13.0 Å². The number of aromatic nitrogens is 3. The van der Waals surface area contributed by atoms with Crippen LogP contribution in [0.4, 0.5) is 5.69 Å². The number of rotatable bonds is 4. The third kappa shape index (κ3) is 3.59. The number of H-pyrrole nitrogens is 1. The first-order chi connectivity index (χ1) is 13.7. The van der Waals surface area contributed by atoms with Crippen molar-refractivity contribution in [2.45, 2.75) is 19.9 Å². The molecule has 0 spiro atoms. The van der Waals surface area contributed by atoms with Gasteiger partial charge in [0.25, 0.3) is 5.56 Å². The number of aryl methyl sites for hydroxylation is 1. The summed E-state index contributed by atoms with van der Waals surface area (Å²) in [6, 6.07) is 9.88. The molecule has 0 aliphatic carbocycles. The van der Waals surface area contributed by atoms with E-state index in [9.17, 15) is 10.1 Å². The average Bonchev–Trinajstić information content (AvgIpc) is 2.73. The van der Waals surface area contributed by atoms with E-state index in [1.54, 1.807) is 6.20 Å². The number of nitrogens with zero attached hydrogens (tertiary/aromatic N) is 5. The molecule has 7 nitrogen and oxygen atoms in total. The third-order valence-corrected chi connectivity index (χ3v) is 5.22. The molecule has 142 valence electrons. The molecule has 0 saturated carbocycles. The normalized spacial score (nSPS) is 14.9. The smallest absolute Gasteiger partial charge is 0.251 e. The summed E-state index contributed by atoms with van der Waals surface area (Å²) in [6.45, 7) is 6.23. The van der Waals surface area contributed by atoms with Crippen LogP contribution in [0.2, 0.25) is 0 Å². The number of anilines is 1. The predicted octanol–water partition coefficient (Wildman–Crippen LogP) is 2.07. The van der Waals surface area contributed by atoms with Crippen molar-refractivity contribution < 1.29 is 0 Å². The maximum Gasteiger partial charge on any atom is 0.251 e. The van der Waals surface area contributed by atoms with Crippen molar-refractivity contribution in [1.29, 1.82) is 5.26 Å². The number of hydrogen-bond acceptors (Lipinski definition) is 6. The van der Waals surface area contributed by atoms with E-state index in [0.29, 0.717) is 12.1 Å². The van der Waals surface area contributed by atoms with Crippen molar-refractivity contribution in [1.82, 2.24) is 19.9 Å². The van der Waals surface area contributed by atoms with Crippen LogP contribution < -0.4 is 10.5 Å². The first-order valence-electron chi connectivity index (χ1n) is 9.51. The highest BCUT2D eigenvalue weighted by atomic mass is 16.1. The fourth-order valence-corrected chi connectivity index (χ4v) is 3.66. The van der Waals surface area contributed by atoms with Gasteiger partial charge in [-0.25, -0.2) is 4.98 Å². The van der Waals surface area contributed by atoms with Crippen LogP contribution in [0, 0.1) is 11.3 Å². The van der Waals surface area contributed by atoms with Crippen molar-refractivity contribution in [3.63, 3.8) is 0 Å². The Bertz CT molecular complexity index is 1090. The molecule has 3 aromatic rings. The van der Waals surface area contributed by atoms with Gasteiger partial charge >= 0.3 is 0 Å². The quantitative estimate of drug-likeness (QED) is 0.752. The molecular formula is C21H22N6O. The number of pyridine rings is 3. The largest absolute Gasteiger partial charge is 0.367 e. The molecule has 1 aliphatic heterocycles. The van der Waals surface area contributed by atoms with E-state index < -0.39 is 0 Å². The molecule has 0 bridgehead atoms. The fraction of sp³-hybridized carbons (Fsp3) is 0.333. The van der Waals surface area contributed by atoms with Crippen LogP contribution in [0.15, 0.2) is 41.5 Å². The Morgan fingerprint density at radius 2 is 2.04 bits per heavy atom. The fourth-order valence-electron chi connectivity index (χ4n) is 3.66. The molecule has 1 saturated heterocycles. The molecule has 7 heteroatoms. The van der Waals surface area contributed by atoms with Gasteiger partial charge in [-0.2, -0.15) is 5.26 Å². The van der Waals surface area contributed by atoms with Crippen LogP contribution in [0.3, 0.4) is 0 Å². The van der Waals surface area contributed by atoms with Gasteiger partial charge in [0.1, 0.15) is 6.07 Å². The monoisotopic (exact) mass is 374 g/mol. The van der Waals surface area contributed by atoms with Crippen LogP contribution in [0.5, 0.6) is 0 Å². The lowest BCUT2D eigenvalue weighted by molar-refractivity contribution is 0.249. The van der Waals surface area contributed by atoms with Gasteiger partial charge in [0, 0.05) is 50.7 Å². The highest BCUT2D eigenvalue weighted by Gasteiger charge is 2.20. The van der Waals surface area contributed by atoms with Gasteiger partial charge in [-0.05, 0) is 36.2 Å². The van der Waals surface area contributed by atoms with Crippen molar-refractivity contribution >= 4 is 16.7 Å². The van der Waals surface area contributed by atoms with Crippen LogP contribution in [0.25, 0.3) is 11.0 Å². The molecule has 0 unspecified atom stereocenters. The van der Waals surface area contributed by atoms with E-state index in [-0.39, 0.29) is 5.56 Å². The Labute approximate surface area is 163 Å². The van der Waals surface area contributed by atoms with Crippen LogP contribution in [-0.4, -0.2) is 46.0 Å². The second-order valence-corrected chi connectivity index (χ2v) is 7.00. The van der Waals surface area contributed by atoms with E-state index in [4.69, 9.17) is 0 Å². The molecule has 1 N–H and O–H groups in total. The summed E-state index contributed by atoms with van der Waals surface area (Å²) < 4.78 is 0. The van der Waals surface area contributed by atoms with E-state index in [1.807, 2.05) is 37.4 Å².